The van der Waals surface area contributed by atoms with E-state index < -0.39 is 19.1 Å². The number of isocyanates is 1. The number of sulfonamides is 1. The minimum atomic E-state index is -3.52. The molecule has 0 amide bonds. The van der Waals surface area contributed by atoms with Gasteiger partial charge in [0.2, 0.25) is 25.2 Å². The minimum Gasteiger partial charge on any atom is -0.326 e. The highest BCUT2D eigenvalue weighted by Crippen LogP contribution is 2.13. The van der Waals surface area contributed by atoms with Gasteiger partial charge in [0.1, 0.15) is 5.78 Å². The standard InChI is InChI=1S/C23H25N3O3S.C9H8ClNO3S.C6H8N2.5C2H6/c27-23(12-10-20-3-1-13-24-15-20)11-9-19-5-7-21(8-6-19)18-30(28,29)26-17-22-4-2-14-25-16-22;10-15(13,14)6-9-3-1-8(2-4-9)5-11-7-12;7-4-6-2-1-3-8-5-6;5*1-2/h1-8,13-16,26H,9-12,17-18H2;1-4H,5-6H2;1-3,5H,4,7H2;5*1-2H3. The van der Waals surface area contributed by atoms with Gasteiger partial charge in [-0.2, -0.15) is 0 Å². The number of nitrogens with zero attached hydrogens (tertiary/aromatic N) is 4. The number of hydrogen-bond donors (Lipinski definition) is 2. The lowest BCUT2D eigenvalue weighted by Gasteiger charge is -2.08. The van der Waals surface area contributed by atoms with Crippen LogP contribution in [0.3, 0.4) is 0 Å². The van der Waals surface area contributed by atoms with Crippen molar-refractivity contribution in [3.05, 3.63) is 161 Å². The van der Waals surface area contributed by atoms with Crippen LogP contribution in [0.2, 0.25) is 0 Å². The minimum absolute atomic E-state index is 0.0857. The van der Waals surface area contributed by atoms with Gasteiger partial charge in [0.15, 0.2) is 0 Å². The van der Waals surface area contributed by atoms with Crippen molar-refractivity contribution in [1.82, 2.24) is 19.7 Å². The first-order valence-electron chi connectivity index (χ1n) is 21.4. The number of carbonyl (C=O) groups excluding carboxylic acids is 2. The molecule has 0 aliphatic rings. The first-order valence-corrected chi connectivity index (χ1v) is 25.5. The Balaban J connectivity index is -0.000000906. The second-order valence-electron chi connectivity index (χ2n) is 11.6. The number of ketones is 1. The van der Waals surface area contributed by atoms with E-state index >= 15 is 0 Å². The van der Waals surface area contributed by atoms with Gasteiger partial charge in [-0.1, -0.05) is 136 Å². The van der Waals surface area contributed by atoms with E-state index in [4.69, 9.17) is 16.4 Å². The maximum Gasteiger partial charge on any atom is 0.236 e. The van der Waals surface area contributed by atoms with E-state index in [1.165, 1.54) is 6.08 Å². The average Bonchev–Trinajstić information content (AvgIpc) is 3.34. The SMILES string of the molecule is CC.CC.CC.CC.CC.NCc1cccnc1.O=C(CCc1ccc(CS(=O)(=O)NCc2cccnc2)cc1)CCc1cccnc1.O=C=NCc1ccc(CS(=O)(=O)Cl)cc1. The largest absolute Gasteiger partial charge is 0.326 e. The van der Waals surface area contributed by atoms with Crippen molar-refractivity contribution in [3.8, 4) is 0 Å². The van der Waals surface area contributed by atoms with Crippen LogP contribution >= 0.6 is 10.7 Å². The summed E-state index contributed by atoms with van der Waals surface area (Å²) < 4.78 is 48.7. The number of aromatic nitrogens is 3. The number of Topliss-reactive ketones (excluding diaryl/α,β-unsaturated/α-hetero) is 1. The summed E-state index contributed by atoms with van der Waals surface area (Å²) in [6.07, 6.45) is 14.0. The van der Waals surface area contributed by atoms with Gasteiger partial charge in [0.05, 0.1) is 18.1 Å². The fourth-order valence-corrected chi connectivity index (χ4v) is 6.68. The molecule has 0 aliphatic heterocycles. The molecule has 0 unspecified atom stereocenters. The van der Waals surface area contributed by atoms with Gasteiger partial charge in [-0.05, 0) is 70.0 Å². The Morgan fingerprint density at radius 3 is 1.38 bits per heavy atom. The summed E-state index contributed by atoms with van der Waals surface area (Å²) in [4.78, 5) is 37.3. The van der Waals surface area contributed by atoms with Crippen molar-refractivity contribution in [1.29, 1.82) is 0 Å². The van der Waals surface area contributed by atoms with E-state index in [0.717, 1.165) is 27.8 Å². The van der Waals surface area contributed by atoms with Crippen LogP contribution in [0.1, 0.15) is 121 Å². The quantitative estimate of drug-likeness (QED) is 0.0547. The number of halogens is 1. The predicted octanol–water partition coefficient (Wildman–Crippen LogP) is 10.5. The lowest BCUT2D eigenvalue weighted by atomic mass is 10.0. The predicted molar refractivity (Wildman–Crippen MR) is 262 cm³/mol. The highest BCUT2D eigenvalue weighted by atomic mass is 35.7. The van der Waals surface area contributed by atoms with Gasteiger partial charge >= 0.3 is 0 Å². The molecule has 12 nitrogen and oxygen atoms in total. The Morgan fingerprint density at radius 1 is 0.587 bits per heavy atom. The Kier molecular flexibility index (Phi) is 40.7. The Morgan fingerprint density at radius 2 is 0.984 bits per heavy atom. The van der Waals surface area contributed by atoms with Crippen LogP contribution in [-0.4, -0.2) is 43.7 Å². The Labute approximate surface area is 383 Å². The molecular formula is C48H71ClN6O6S2. The summed E-state index contributed by atoms with van der Waals surface area (Å²) in [6, 6.07) is 25.3. The number of rotatable bonds is 16. The zero-order valence-corrected chi connectivity index (χ0v) is 41.3. The van der Waals surface area contributed by atoms with Crippen LogP contribution in [0.5, 0.6) is 0 Å². The number of nitrogens with two attached hydrogens (primary N) is 1. The highest BCUT2D eigenvalue weighted by Gasteiger charge is 2.12. The van der Waals surface area contributed by atoms with E-state index in [2.05, 4.69) is 24.7 Å². The summed E-state index contributed by atoms with van der Waals surface area (Å²) in [5.74, 6) is -0.0753. The lowest BCUT2D eigenvalue weighted by Crippen LogP contribution is -2.24. The molecule has 5 rings (SSSR count). The number of aryl methyl sites for hydroxylation is 2. The third-order valence-corrected chi connectivity index (χ3v) is 9.66. The van der Waals surface area contributed by atoms with Gasteiger partial charge in [-0.25, -0.2) is 31.3 Å². The fraction of sp³-hybridized carbons (Fsp3) is 0.396. The normalized spacial score (nSPS) is 9.59. The van der Waals surface area contributed by atoms with Crippen molar-refractivity contribution >= 4 is 41.6 Å². The molecule has 0 saturated heterocycles. The van der Waals surface area contributed by atoms with Gasteiger partial charge in [-0.3, -0.25) is 19.7 Å². The number of benzene rings is 2. The van der Waals surface area contributed by atoms with E-state index in [-0.39, 0.29) is 30.4 Å². The van der Waals surface area contributed by atoms with Crippen LogP contribution < -0.4 is 10.5 Å². The van der Waals surface area contributed by atoms with Crippen LogP contribution in [-0.2, 0) is 72.6 Å². The Bertz CT molecular complexity index is 2090. The summed E-state index contributed by atoms with van der Waals surface area (Å²) in [5.41, 5.74) is 11.4. The number of aliphatic imine (C=N–C) groups is 1. The third-order valence-electron chi connectivity index (χ3n) is 7.35. The molecule has 0 atom stereocenters. The molecule has 0 saturated carbocycles. The zero-order chi connectivity index (χ0) is 48.4. The van der Waals surface area contributed by atoms with Crippen LogP contribution in [0.4, 0.5) is 0 Å². The molecule has 348 valence electrons. The van der Waals surface area contributed by atoms with Gasteiger partial charge < -0.3 is 5.73 Å². The lowest BCUT2D eigenvalue weighted by molar-refractivity contribution is -0.119. The molecule has 0 radical (unpaired) electrons. The second-order valence-corrected chi connectivity index (χ2v) is 16.2. The molecule has 63 heavy (non-hydrogen) atoms. The molecule has 2 aromatic carbocycles. The van der Waals surface area contributed by atoms with E-state index in [9.17, 15) is 26.4 Å². The maximum atomic E-state index is 12.3. The van der Waals surface area contributed by atoms with Crippen molar-refractivity contribution in [2.75, 3.05) is 0 Å². The van der Waals surface area contributed by atoms with Crippen LogP contribution in [0.25, 0.3) is 0 Å². The third kappa shape index (κ3) is 34.2. The average molecular weight is 928 g/mol. The van der Waals surface area contributed by atoms with Crippen molar-refractivity contribution in [3.63, 3.8) is 0 Å². The van der Waals surface area contributed by atoms with E-state index in [0.29, 0.717) is 43.4 Å². The fourth-order valence-electron chi connectivity index (χ4n) is 4.59. The first-order chi connectivity index (χ1) is 30.4. The summed E-state index contributed by atoms with van der Waals surface area (Å²) in [7, 11) is -1.87. The summed E-state index contributed by atoms with van der Waals surface area (Å²) in [5, 5.41) is 0. The molecule has 0 fully saturated rings. The number of nitrogens with one attached hydrogen (secondary N) is 1. The van der Waals surface area contributed by atoms with Crippen molar-refractivity contribution < 1.29 is 26.4 Å². The molecular weight excluding hydrogens is 856 g/mol. The number of carbonyl (C=O) groups is 1. The number of hydrogen-bond acceptors (Lipinski definition) is 11. The van der Waals surface area contributed by atoms with Crippen LogP contribution in [0.15, 0.2) is 127 Å². The molecule has 3 aromatic heterocycles. The zero-order valence-electron chi connectivity index (χ0n) is 38.9. The number of pyridine rings is 3. The monoisotopic (exact) mass is 926 g/mol. The topological polar surface area (TPSA) is 192 Å². The van der Waals surface area contributed by atoms with Gasteiger partial charge in [-0.15, -0.1) is 0 Å². The van der Waals surface area contributed by atoms with Gasteiger partial charge in [0, 0.05) is 73.8 Å². The van der Waals surface area contributed by atoms with Crippen molar-refractivity contribution in [2.24, 2.45) is 10.7 Å². The van der Waals surface area contributed by atoms with E-state index in [1.54, 1.807) is 79.6 Å². The highest BCUT2D eigenvalue weighted by molar-refractivity contribution is 8.13. The summed E-state index contributed by atoms with van der Waals surface area (Å²) >= 11 is 0. The molecule has 3 N–H and O–H groups in total. The van der Waals surface area contributed by atoms with Crippen molar-refractivity contribution in [2.45, 2.75) is 126 Å². The molecule has 0 bridgehead atoms. The molecule has 0 spiro atoms. The molecule has 3 heterocycles. The second kappa shape index (κ2) is 41.1. The maximum absolute atomic E-state index is 12.3. The summed E-state index contributed by atoms with van der Waals surface area (Å²) in [6.45, 7) is 21.0. The van der Waals surface area contributed by atoms with Crippen LogP contribution in [0, 0.1) is 0 Å². The molecule has 5 aromatic rings. The first kappa shape index (κ1) is 62.3. The smallest absolute Gasteiger partial charge is 0.236 e. The van der Waals surface area contributed by atoms with Gasteiger partial charge in [0.25, 0.3) is 0 Å². The molecule has 15 heteroatoms. The molecule has 0 aliphatic carbocycles. The van der Waals surface area contributed by atoms with E-state index in [1.807, 2.05) is 112 Å². The Hall–Kier alpha value is -4.95.